The van der Waals surface area contributed by atoms with E-state index >= 15 is 0 Å². The van der Waals surface area contributed by atoms with Crippen LogP contribution in [0.3, 0.4) is 0 Å². The molecule has 150 valence electrons. The van der Waals surface area contributed by atoms with Crippen LogP contribution < -0.4 is 14.9 Å². The number of nitrogens with zero attached hydrogens (tertiary/aromatic N) is 1. The van der Waals surface area contributed by atoms with E-state index in [2.05, 4.69) is 36.5 Å². The standard InChI is InChI=1S/C22H28N2O3S/c1-4-12-27-20-11-10-18(13-21(20)26-5-2)14-23-24-22(25)16-28-15-19-9-7-6-8-17(19)3/h6-11,13-14H,4-5,12,15-16H2,1-3H3,(H,24,25)/b23-14-. The lowest BCUT2D eigenvalue weighted by Gasteiger charge is -2.11. The minimum atomic E-state index is -0.122. The molecule has 0 spiro atoms. The average Bonchev–Trinajstić information content (AvgIpc) is 2.69. The minimum Gasteiger partial charge on any atom is -0.490 e. The van der Waals surface area contributed by atoms with Gasteiger partial charge in [-0.2, -0.15) is 5.10 Å². The Labute approximate surface area is 171 Å². The average molecular weight is 401 g/mol. The van der Waals surface area contributed by atoms with Crippen molar-refractivity contribution in [2.45, 2.75) is 32.9 Å². The molecule has 0 aliphatic heterocycles. The molecule has 28 heavy (non-hydrogen) atoms. The Bertz CT molecular complexity index is 793. The molecule has 0 aliphatic carbocycles. The lowest BCUT2D eigenvalue weighted by Crippen LogP contribution is -2.19. The zero-order chi connectivity index (χ0) is 20.2. The van der Waals surface area contributed by atoms with E-state index in [4.69, 9.17) is 9.47 Å². The van der Waals surface area contributed by atoms with E-state index in [-0.39, 0.29) is 5.91 Å². The maximum Gasteiger partial charge on any atom is 0.250 e. The Balaban J connectivity index is 1.83. The largest absolute Gasteiger partial charge is 0.490 e. The van der Waals surface area contributed by atoms with Crippen molar-refractivity contribution in [2.24, 2.45) is 5.10 Å². The molecule has 0 heterocycles. The molecule has 0 bridgehead atoms. The molecular formula is C22H28N2O3S. The van der Waals surface area contributed by atoms with E-state index in [9.17, 15) is 4.79 Å². The van der Waals surface area contributed by atoms with Gasteiger partial charge in [-0.3, -0.25) is 4.79 Å². The molecular weight excluding hydrogens is 372 g/mol. The highest BCUT2D eigenvalue weighted by molar-refractivity contribution is 7.99. The maximum atomic E-state index is 12.0. The van der Waals surface area contributed by atoms with Crippen molar-refractivity contribution in [3.8, 4) is 11.5 Å². The second-order valence-electron chi connectivity index (χ2n) is 6.20. The number of benzene rings is 2. The van der Waals surface area contributed by atoms with Crippen LogP contribution in [0.2, 0.25) is 0 Å². The molecule has 5 nitrogen and oxygen atoms in total. The molecule has 2 aromatic rings. The normalized spacial score (nSPS) is 10.8. The first kappa shape index (κ1) is 21.8. The lowest BCUT2D eigenvalue weighted by molar-refractivity contribution is -0.118. The monoisotopic (exact) mass is 400 g/mol. The highest BCUT2D eigenvalue weighted by Crippen LogP contribution is 2.28. The molecule has 0 unspecified atom stereocenters. The van der Waals surface area contributed by atoms with Gasteiger partial charge in [-0.1, -0.05) is 31.2 Å². The summed E-state index contributed by atoms with van der Waals surface area (Å²) >= 11 is 1.57. The van der Waals surface area contributed by atoms with Crippen LogP contribution in [0.25, 0.3) is 0 Å². The number of thioether (sulfide) groups is 1. The van der Waals surface area contributed by atoms with Crippen LogP contribution in [0.5, 0.6) is 11.5 Å². The van der Waals surface area contributed by atoms with Gasteiger partial charge in [-0.25, -0.2) is 5.43 Å². The summed E-state index contributed by atoms with van der Waals surface area (Å²) in [5.74, 6) is 2.45. The third-order valence-electron chi connectivity index (χ3n) is 3.88. The fourth-order valence-corrected chi connectivity index (χ4v) is 3.34. The molecule has 2 rings (SSSR count). The number of nitrogens with one attached hydrogen (secondary N) is 1. The van der Waals surface area contributed by atoms with Crippen molar-refractivity contribution in [3.63, 3.8) is 0 Å². The van der Waals surface area contributed by atoms with Gasteiger partial charge in [-0.15, -0.1) is 11.8 Å². The van der Waals surface area contributed by atoms with E-state index in [1.165, 1.54) is 11.1 Å². The fraction of sp³-hybridized carbons (Fsp3) is 0.364. The SMILES string of the molecule is CCCOc1ccc(/C=N\NC(=O)CSCc2ccccc2C)cc1OCC. The Morgan fingerprint density at radius 2 is 1.96 bits per heavy atom. The topological polar surface area (TPSA) is 59.9 Å². The second-order valence-corrected chi connectivity index (χ2v) is 7.19. The van der Waals surface area contributed by atoms with Gasteiger partial charge in [-0.05, 0) is 55.2 Å². The molecule has 2 aromatic carbocycles. The maximum absolute atomic E-state index is 12.0. The minimum absolute atomic E-state index is 0.122. The summed E-state index contributed by atoms with van der Waals surface area (Å²) < 4.78 is 11.3. The predicted molar refractivity (Wildman–Crippen MR) is 116 cm³/mol. The van der Waals surface area contributed by atoms with Crippen molar-refractivity contribution in [3.05, 3.63) is 59.2 Å². The number of ether oxygens (including phenoxy) is 2. The van der Waals surface area contributed by atoms with Crippen LogP contribution in [-0.2, 0) is 10.5 Å². The van der Waals surface area contributed by atoms with Crippen LogP contribution in [0, 0.1) is 6.92 Å². The van der Waals surface area contributed by atoms with E-state index in [1.807, 2.05) is 37.3 Å². The number of carbonyl (C=O) groups excluding carboxylic acids is 1. The predicted octanol–water partition coefficient (Wildman–Crippen LogP) is 4.57. The summed E-state index contributed by atoms with van der Waals surface area (Å²) in [6.45, 7) is 7.26. The Kier molecular flexibility index (Phi) is 9.42. The van der Waals surface area contributed by atoms with Crippen molar-refractivity contribution >= 4 is 23.9 Å². The van der Waals surface area contributed by atoms with E-state index in [0.717, 1.165) is 23.5 Å². The highest BCUT2D eigenvalue weighted by Gasteiger charge is 2.06. The molecule has 0 radical (unpaired) electrons. The van der Waals surface area contributed by atoms with Gasteiger partial charge in [0, 0.05) is 5.75 Å². The Morgan fingerprint density at radius 3 is 2.71 bits per heavy atom. The fourth-order valence-electron chi connectivity index (χ4n) is 2.44. The van der Waals surface area contributed by atoms with Gasteiger partial charge in [0.15, 0.2) is 11.5 Å². The number of aryl methyl sites for hydroxylation is 1. The van der Waals surface area contributed by atoms with Gasteiger partial charge in [0.25, 0.3) is 0 Å². The zero-order valence-electron chi connectivity index (χ0n) is 16.7. The first-order valence-corrected chi connectivity index (χ1v) is 10.6. The molecule has 1 N–H and O–H groups in total. The first-order valence-electron chi connectivity index (χ1n) is 9.47. The lowest BCUT2D eigenvalue weighted by atomic mass is 10.1. The third kappa shape index (κ3) is 7.27. The van der Waals surface area contributed by atoms with Gasteiger partial charge < -0.3 is 9.47 Å². The summed E-state index contributed by atoms with van der Waals surface area (Å²) in [4.78, 5) is 12.0. The molecule has 6 heteroatoms. The second kappa shape index (κ2) is 12.1. The van der Waals surface area contributed by atoms with Gasteiger partial charge >= 0.3 is 0 Å². The van der Waals surface area contributed by atoms with Gasteiger partial charge in [0.1, 0.15) is 0 Å². The molecule has 0 aromatic heterocycles. The van der Waals surface area contributed by atoms with Crippen molar-refractivity contribution in [1.82, 2.24) is 5.43 Å². The van der Waals surface area contributed by atoms with E-state index in [0.29, 0.717) is 24.7 Å². The molecule has 0 aliphatic rings. The summed E-state index contributed by atoms with van der Waals surface area (Å²) in [7, 11) is 0. The first-order chi connectivity index (χ1) is 13.6. The zero-order valence-corrected chi connectivity index (χ0v) is 17.6. The number of hydrogen-bond donors (Lipinski definition) is 1. The Morgan fingerprint density at radius 1 is 1.14 bits per heavy atom. The van der Waals surface area contributed by atoms with Crippen molar-refractivity contribution < 1.29 is 14.3 Å². The van der Waals surface area contributed by atoms with Gasteiger partial charge in [0.2, 0.25) is 5.91 Å². The summed E-state index contributed by atoms with van der Waals surface area (Å²) in [5, 5.41) is 4.04. The Hall–Kier alpha value is -2.47. The molecule has 0 saturated heterocycles. The number of hydrazone groups is 1. The van der Waals surface area contributed by atoms with E-state index < -0.39 is 0 Å². The smallest absolute Gasteiger partial charge is 0.250 e. The summed E-state index contributed by atoms with van der Waals surface area (Å²) in [6.07, 6.45) is 2.54. The van der Waals surface area contributed by atoms with Crippen LogP contribution >= 0.6 is 11.8 Å². The molecule has 0 fully saturated rings. The summed E-state index contributed by atoms with van der Waals surface area (Å²) in [5.41, 5.74) is 5.89. The number of amides is 1. The van der Waals surface area contributed by atoms with Crippen LogP contribution in [-0.4, -0.2) is 31.1 Å². The van der Waals surface area contributed by atoms with Crippen LogP contribution in [0.4, 0.5) is 0 Å². The highest BCUT2D eigenvalue weighted by atomic mass is 32.2. The summed E-state index contributed by atoms with van der Waals surface area (Å²) in [6, 6.07) is 13.8. The van der Waals surface area contributed by atoms with Crippen molar-refractivity contribution in [2.75, 3.05) is 19.0 Å². The van der Waals surface area contributed by atoms with E-state index in [1.54, 1.807) is 18.0 Å². The van der Waals surface area contributed by atoms with Crippen molar-refractivity contribution in [1.29, 1.82) is 0 Å². The molecule has 0 atom stereocenters. The third-order valence-corrected chi connectivity index (χ3v) is 4.87. The number of carbonyl (C=O) groups is 1. The van der Waals surface area contributed by atoms with Crippen LogP contribution in [0.1, 0.15) is 37.0 Å². The van der Waals surface area contributed by atoms with Gasteiger partial charge in [0.05, 0.1) is 25.2 Å². The number of rotatable bonds is 11. The molecule has 0 saturated carbocycles. The van der Waals surface area contributed by atoms with Crippen LogP contribution in [0.15, 0.2) is 47.6 Å². The number of hydrogen-bond acceptors (Lipinski definition) is 5. The quantitative estimate of drug-likeness (QED) is 0.443. The molecule has 1 amide bonds.